The van der Waals surface area contributed by atoms with Crippen molar-refractivity contribution in [3.8, 4) is 0 Å². The van der Waals surface area contributed by atoms with Gasteiger partial charge in [0, 0.05) is 11.3 Å². The van der Waals surface area contributed by atoms with Crippen LogP contribution in [0, 0.1) is 5.92 Å². The maximum Gasteiger partial charge on any atom is 0.154 e. The summed E-state index contributed by atoms with van der Waals surface area (Å²) >= 11 is 0. The fraction of sp³-hybridized carbons (Fsp3) is 0.652. The maximum atomic E-state index is 4.81. The summed E-state index contributed by atoms with van der Waals surface area (Å²) in [6.45, 7) is 7.60. The fourth-order valence-corrected chi connectivity index (χ4v) is 3.39. The monoisotopic (exact) mass is 340 g/mol. The second kappa shape index (κ2) is 11.2. The first-order chi connectivity index (χ1) is 12.2. The molecule has 1 atom stereocenters. The minimum Gasteiger partial charge on any atom is -0.260 e. The van der Waals surface area contributed by atoms with Crippen LogP contribution < -0.4 is 0 Å². The third-order valence-corrected chi connectivity index (χ3v) is 5.23. The largest absolute Gasteiger partial charge is 0.260 e. The van der Waals surface area contributed by atoms with Crippen molar-refractivity contribution in [2.45, 2.75) is 85.0 Å². The van der Waals surface area contributed by atoms with E-state index >= 15 is 0 Å². The number of amidine groups is 1. The van der Waals surface area contributed by atoms with Gasteiger partial charge in [-0.15, -0.1) is 0 Å². The summed E-state index contributed by atoms with van der Waals surface area (Å²) in [7, 11) is 0. The van der Waals surface area contributed by atoms with Gasteiger partial charge in [0.05, 0.1) is 6.54 Å². The molecule has 0 aliphatic carbocycles. The fourth-order valence-electron chi connectivity index (χ4n) is 3.39. The lowest BCUT2D eigenvalue weighted by Crippen LogP contribution is -2.12. The smallest absolute Gasteiger partial charge is 0.154 e. The average Bonchev–Trinajstić information content (AvgIpc) is 3.13. The van der Waals surface area contributed by atoms with Crippen LogP contribution in [0.25, 0.3) is 0 Å². The number of aliphatic imine (C=N–C) groups is 2. The van der Waals surface area contributed by atoms with Crippen LogP contribution in [0.4, 0.5) is 0 Å². The van der Waals surface area contributed by atoms with Gasteiger partial charge < -0.3 is 0 Å². The highest BCUT2D eigenvalue weighted by Crippen LogP contribution is 2.17. The number of unbranched alkanes of at least 4 members (excludes halogenated alkanes) is 6. The molecule has 2 heteroatoms. The average molecular weight is 341 g/mol. The van der Waals surface area contributed by atoms with Gasteiger partial charge in [-0.2, -0.15) is 0 Å². The van der Waals surface area contributed by atoms with Crippen LogP contribution >= 0.6 is 0 Å². The molecule has 1 aromatic rings. The summed E-state index contributed by atoms with van der Waals surface area (Å²) < 4.78 is 0. The SMILES string of the molecule is CCCCCCCCc1ccc(C2=NCC([C@H](C)CCCC)=N2)cc1. The van der Waals surface area contributed by atoms with Crippen molar-refractivity contribution in [2.75, 3.05) is 6.54 Å². The molecule has 1 aliphatic rings. The van der Waals surface area contributed by atoms with Crippen LogP contribution in [-0.4, -0.2) is 18.1 Å². The molecule has 0 fully saturated rings. The molecular weight excluding hydrogens is 304 g/mol. The summed E-state index contributed by atoms with van der Waals surface area (Å²) in [4.78, 5) is 9.47. The van der Waals surface area contributed by atoms with Crippen LogP contribution in [0.5, 0.6) is 0 Å². The number of hydrogen-bond donors (Lipinski definition) is 0. The van der Waals surface area contributed by atoms with Crippen molar-refractivity contribution in [1.29, 1.82) is 0 Å². The first-order valence-corrected chi connectivity index (χ1v) is 10.5. The lowest BCUT2D eigenvalue weighted by Gasteiger charge is -2.09. The van der Waals surface area contributed by atoms with Crippen LogP contribution in [-0.2, 0) is 6.42 Å². The second-order valence-electron chi connectivity index (χ2n) is 7.50. The molecule has 0 spiro atoms. The third kappa shape index (κ3) is 6.76. The summed E-state index contributed by atoms with van der Waals surface area (Å²) in [6, 6.07) is 8.93. The first kappa shape index (κ1) is 19.9. The molecule has 1 aliphatic heterocycles. The molecule has 2 rings (SSSR count). The Labute approximate surface area is 154 Å². The van der Waals surface area contributed by atoms with Gasteiger partial charge >= 0.3 is 0 Å². The number of aryl methyl sites for hydroxylation is 1. The zero-order valence-corrected chi connectivity index (χ0v) is 16.6. The predicted octanol–water partition coefficient (Wildman–Crippen LogP) is 6.62. The van der Waals surface area contributed by atoms with Gasteiger partial charge in [-0.1, -0.05) is 90.0 Å². The Bertz CT molecular complexity index is 554. The first-order valence-electron chi connectivity index (χ1n) is 10.5. The van der Waals surface area contributed by atoms with Gasteiger partial charge in [-0.3, -0.25) is 4.99 Å². The van der Waals surface area contributed by atoms with Crippen LogP contribution in [0.15, 0.2) is 34.3 Å². The molecule has 0 saturated carbocycles. The molecule has 1 heterocycles. The van der Waals surface area contributed by atoms with Gasteiger partial charge in [0.15, 0.2) is 5.84 Å². The lowest BCUT2D eigenvalue weighted by molar-refractivity contribution is 0.607. The van der Waals surface area contributed by atoms with E-state index in [1.54, 1.807) is 0 Å². The molecule has 0 bridgehead atoms. The van der Waals surface area contributed by atoms with Crippen molar-refractivity contribution in [3.63, 3.8) is 0 Å². The number of rotatable bonds is 12. The topological polar surface area (TPSA) is 24.7 Å². The quantitative estimate of drug-likeness (QED) is 0.382. The van der Waals surface area contributed by atoms with E-state index < -0.39 is 0 Å². The van der Waals surface area contributed by atoms with Gasteiger partial charge in [-0.25, -0.2) is 4.99 Å². The predicted molar refractivity (Wildman–Crippen MR) is 111 cm³/mol. The number of hydrogen-bond acceptors (Lipinski definition) is 2. The van der Waals surface area contributed by atoms with E-state index in [0.717, 1.165) is 12.4 Å². The van der Waals surface area contributed by atoms with Gasteiger partial charge in [-0.05, 0) is 30.7 Å². The van der Waals surface area contributed by atoms with Crippen LogP contribution in [0.2, 0.25) is 0 Å². The summed E-state index contributed by atoms with van der Waals surface area (Å²) in [5, 5.41) is 0. The maximum absolute atomic E-state index is 4.81. The summed E-state index contributed by atoms with van der Waals surface area (Å²) in [5.74, 6) is 1.50. The highest BCUT2D eigenvalue weighted by molar-refractivity contribution is 6.12. The Morgan fingerprint density at radius 2 is 1.56 bits per heavy atom. The molecule has 0 unspecified atom stereocenters. The van der Waals surface area contributed by atoms with Crippen molar-refractivity contribution in [1.82, 2.24) is 0 Å². The molecule has 0 aromatic heterocycles. The molecule has 2 nitrogen and oxygen atoms in total. The van der Waals surface area contributed by atoms with Gasteiger partial charge in [0.25, 0.3) is 0 Å². The van der Waals surface area contributed by atoms with Crippen molar-refractivity contribution in [3.05, 3.63) is 35.4 Å². The zero-order valence-electron chi connectivity index (χ0n) is 16.6. The standard InChI is InChI=1S/C23H36N2/c1-4-6-8-9-10-11-13-20-14-16-21(17-15-20)23-24-18-22(25-23)19(3)12-7-5-2/h14-17,19H,4-13,18H2,1-3H3/t19-/m1/s1. The van der Waals surface area contributed by atoms with E-state index in [2.05, 4.69) is 50.0 Å². The van der Waals surface area contributed by atoms with Crippen molar-refractivity contribution < 1.29 is 0 Å². The molecule has 0 radical (unpaired) electrons. The summed E-state index contributed by atoms with van der Waals surface area (Å²) in [5.41, 5.74) is 3.88. The molecule has 0 saturated heterocycles. The molecular formula is C23H36N2. The number of nitrogens with zero attached hydrogens (tertiary/aromatic N) is 2. The van der Waals surface area contributed by atoms with Crippen LogP contribution in [0.1, 0.15) is 89.7 Å². The highest BCUT2D eigenvalue weighted by atomic mass is 15.0. The minimum atomic E-state index is 0.563. The third-order valence-electron chi connectivity index (χ3n) is 5.23. The Morgan fingerprint density at radius 3 is 2.28 bits per heavy atom. The Balaban J connectivity index is 1.79. The van der Waals surface area contributed by atoms with Crippen LogP contribution in [0.3, 0.4) is 0 Å². The minimum absolute atomic E-state index is 0.563. The van der Waals surface area contributed by atoms with E-state index in [0.29, 0.717) is 5.92 Å². The molecule has 25 heavy (non-hydrogen) atoms. The van der Waals surface area contributed by atoms with E-state index in [9.17, 15) is 0 Å². The molecule has 0 amide bonds. The normalized spacial score (nSPS) is 15.2. The summed E-state index contributed by atoms with van der Waals surface area (Å²) in [6.07, 6.45) is 13.1. The van der Waals surface area contributed by atoms with E-state index in [4.69, 9.17) is 4.99 Å². The Hall–Kier alpha value is -1.44. The van der Waals surface area contributed by atoms with Gasteiger partial charge in [0.2, 0.25) is 0 Å². The van der Waals surface area contributed by atoms with E-state index in [1.165, 1.54) is 81.0 Å². The molecule has 1 aromatic carbocycles. The van der Waals surface area contributed by atoms with Crippen molar-refractivity contribution >= 4 is 11.5 Å². The highest BCUT2D eigenvalue weighted by Gasteiger charge is 2.17. The Kier molecular flexibility index (Phi) is 8.93. The van der Waals surface area contributed by atoms with E-state index in [-0.39, 0.29) is 0 Å². The Morgan fingerprint density at radius 1 is 0.880 bits per heavy atom. The molecule has 0 N–H and O–H groups in total. The number of benzene rings is 1. The lowest BCUT2D eigenvalue weighted by atomic mass is 9.99. The second-order valence-corrected chi connectivity index (χ2v) is 7.50. The zero-order chi connectivity index (χ0) is 17.9. The van der Waals surface area contributed by atoms with E-state index in [1.807, 2.05) is 0 Å². The van der Waals surface area contributed by atoms with Crippen molar-refractivity contribution in [2.24, 2.45) is 15.9 Å². The van der Waals surface area contributed by atoms with Gasteiger partial charge in [0.1, 0.15) is 0 Å². The molecule has 138 valence electrons.